The average molecular weight is 313 g/mol. The summed E-state index contributed by atoms with van der Waals surface area (Å²) in [5.74, 6) is -0.0757. The van der Waals surface area contributed by atoms with Crippen molar-refractivity contribution in [3.05, 3.63) is 60.5 Å². The van der Waals surface area contributed by atoms with Crippen molar-refractivity contribution < 1.29 is 18.4 Å². The van der Waals surface area contributed by atoms with Gasteiger partial charge >= 0.3 is 5.97 Å². The summed E-state index contributed by atoms with van der Waals surface area (Å²) in [5, 5.41) is 3.83. The van der Waals surface area contributed by atoms with E-state index in [0.29, 0.717) is 11.7 Å². The molecule has 0 atom stereocenters. The van der Waals surface area contributed by atoms with Gasteiger partial charge in [0.1, 0.15) is 11.6 Å². The standard InChI is InChI=1S/C16H12FN3O3/c17-12-4-1-5-13(9-12)22-15(21)7-6-14-19-16(20-23-14)11-3-2-8-18-10-11/h1-5,8-10H,6-7H2. The van der Waals surface area contributed by atoms with Crippen molar-refractivity contribution in [2.75, 3.05) is 0 Å². The van der Waals surface area contributed by atoms with Crippen LogP contribution in [0.1, 0.15) is 12.3 Å². The van der Waals surface area contributed by atoms with Crippen LogP contribution < -0.4 is 4.74 Å². The lowest BCUT2D eigenvalue weighted by Crippen LogP contribution is -2.09. The van der Waals surface area contributed by atoms with E-state index in [-0.39, 0.29) is 18.6 Å². The molecular formula is C16H12FN3O3. The molecule has 6 nitrogen and oxygen atoms in total. The minimum Gasteiger partial charge on any atom is -0.426 e. The van der Waals surface area contributed by atoms with Gasteiger partial charge < -0.3 is 9.26 Å². The van der Waals surface area contributed by atoms with Crippen LogP contribution in [0.15, 0.2) is 53.3 Å². The molecule has 3 rings (SSSR count). The highest BCUT2D eigenvalue weighted by Gasteiger charge is 2.12. The number of benzene rings is 1. The van der Waals surface area contributed by atoms with Gasteiger partial charge in [-0.25, -0.2) is 4.39 Å². The Morgan fingerprint density at radius 1 is 1.26 bits per heavy atom. The van der Waals surface area contributed by atoms with Crippen molar-refractivity contribution in [1.82, 2.24) is 15.1 Å². The summed E-state index contributed by atoms with van der Waals surface area (Å²) in [6.45, 7) is 0. The number of pyridine rings is 1. The molecule has 0 spiro atoms. The molecule has 0 radical (unpaired) electrons. The molecule has 116 valence electrons. The van der Waals surface area contributed by atoms with E-state index < -0.39 is 11.8 Å². The number of nitrogens with zero attached hydrogens (tertiary/aromatic N) is 3. The first-order valence-corrected chi connectivity index (χ1v) is 6.90. The highest BCUT2D eigenvalue weighted by Crippen LogP contribution is 2.15. The number of ether oxygens (including phenoxy) is 1. The van der Waals surface area contributed by atoms with Crippen LogP contribution in [0.25, 0.3) is 11.4 Å². The third kappa shape index (κ3) is 3.97. The van der Waals surface area contributed by atoms with Gasteiger partial charge in [-0.2, -0.15) is 4.98 Å². The second-order valence-electron chi connectivity index (χ2n) is 4.68. The van der Waals surface area contributed by atoms with Gasteiger partial charge in [-0.3, -0.25) is 9.78 Å². The van der Waals surface area contributed by atoms with E-state index in [9.17, 15) is 9.18 Å². The molecule has 0 aliphatic heterocycles. The van der Waals surface area contributed by atoms with Gasteiger partial charge in [-0.05, 0) is 24.3 Å². The van der Waals surface area contributed by atoms with Gasteiger partial charge in [0, 0.05) is 30.4 Å². The predicted octanol–water partition coefficient (Wildman–Crippen LogP) is 2.81. The summed E-state index contributed by atoms with van der Waals surface area (Å²) in [4.78, 5) is 19.9. The molecule has 7 heteroatoms. The second-order valence-corrected chi connectivity index (χ2v) is 4.68. The Kier molecular flexibility index (Phi) is 4.37. The number of hydrogen-bond donors (Lipinski definition) is 0. The van der Waals surface area contributed by atoms with Gasteiger partial charge in [0.05, 0.1) is 6.42 Å². The molecule has 0 saturated heterocycles. The lowest BCUT2D eigenvalue weighted by atomic mass is 10.3. The van der Waals surface area contributed by atoms with E-state index in [1.54, 1.807) is 24.5 Å². The molecule has 0 unspecified atom stereocenters. The minimum absolute atomic E-state index is 0.0468. The normalized spacial score (nSPS) is 10.5. The second kappa shape index (κ2) is 6.78. The largest absolute Gasteiger partial charge is 0.426 e. The average Bonchev–Trinajstić information content (AvgIpc) is 3.03. The molecule has 0 aliphatic carbocycles. The van der Waals surface area contributed by atoms with Crippen LogP contribution in [0.2, 0.25) is 0 Å². The molecule has 0 aliphatic rings. The van der Waals surface area contributed by atoms with Crippen LogP contribution >= 0.6 is 0 Å². The number of carbonyl (C=O) groups excluding carboxylic acids is 1. The highest BCUT2D eigenvalue weighted by atomic mass is 19.1. The van der Waals surface area contributed by atoms with E-state index in [1.165, 1.54) is 18.2 Å². The van der Waals surface area contributed by atoms with Crippen molar-refractivity contribution in [3.63, 3.8) is 0 Å². The Morgan fingerprint density at radius 2 is 2.17 bits per heavy atom. The van der Waals surface area contributed by atoms with Crippen LogP contribution in [0.5, 0.6) is 5.75 Å². The fourth-order valence-electron chi connectivity index (χ4n) is 1.89. The monoisotopic (exact) mass is 313 g/mol. The van der Waals surface area contributed by atoms with E-state index in [2.05, 4.69) is 15.1 Å². The fourth-order valence-corrected chi connectivity index (χ4v) is 1.89. The smallest absolute Gasteiger partial charge is 0.311 e. The summed E-state index contributed by atoms with van der Waals surface area (Å²) < 4.78 is 23.1. The number of esters is 1. The SMILES string of the molecule is O=C(CCc1nc(-c2cccnc2)no1)Oc1cccc(F)c1. The first-order valence-electron chi connectivity index (χ1n) is 6.90. The molecular weight excluding hydrogens is 301 g/mol. The zero-order chi connectivity index (χ0) is 16.1. The molecule has 3 aromatic rings. The Bertz CT molecular complexity index is 805. The van der Waals surface area contributed by atoms with Crippen molar-refractivity contribution in [2.45, 2.75) is 12.8 Å². The molecule has 0 N–H and O–H groups in total. The first-order chi connectivity index (χ1) is 11.2. The van der Waals surface area contributed by atoms with E-state index in [1.807, 2.05) is 0 Å². The third-order valence-corrected chi connectivity index (χ3v) is 2.96. The van der Waals surface area contributed by atoms with Gasteiger partial charge in [0.25, 0.3) is 0 Å². The number of aromatic nitrogens is 3. The third-order valence-electron chi connectivity index (χ3n) is 2.96. The van der Waals surface area contributed by atoms with E-state index >= 15 is 0 Å². The Hall–Kier alpha value is -3.09. The van der Waals surface area contributed by atoms with Crippen molar-refractivity contribution in [2.24, 2.45) is 0 Å². The van der Waals surface area contributed by atoms with E-state index in [0.717, 1.165) is 11.6 Å². The maximum atomic E-state index is 13.0. The zero-order valence-electron chi connectivity index (χ0n) is 12.0. The maximum Gasteiger partial charge on any atom is 0.311 e. The quantitative estimate of drug-likeness (QED) is 0.532. The van der Waals surface area contributed by atoms with E-state index in [4.69, 9.17) is 9.26 Å². The number of halogens is 1. The summed E-state index contributed by atoms with van der Waals surface area (Å²) in [5.41, 5.74) is 0.727. The van der Waals surface area contributed by atoms with Crippen LogP contribution in [-0.4, -0.2) is 21.1 Å². The van der Waals surface area contributed by atoms with Gasteiger partial charge in [0.15, 0.2) is 0 Å². The first kappa shape index (κ1) is 14.8. The number of aryl methyl sites for hydroxylation is 1. The molecule has 0 fully saturated rings. The summed E-state index contributed by atoms with van der Waals surface area (Å²) in [7, 11) is 0. The van der Waals surface area contributed by atoms with Gasteiger partial charge in [0.2, 0.25) is 11.7 Å². The molecule has 0 saturated carbocycles. The number of carbonyl (C=O) groups is 1. The lowest BCUT2D eigenvalue weighted by molar-refractivity contribution is -0.134. The van der Waals surface area contributed by atoms with Gasteiger partial charge in [-0.15, -0.1) is 0 Å². The molecule has 0 bridgehead atoms. The minimum atomic E-state index is -0.503. The fraction of sp³-hybridized carbons (Fsp3) is 0.125. The summed E-state index contributed by atoms with van der Waals surface area (Å²) in [6, 6.07) is 8.97. The van der Waals surface area contributed by atoms with Crippen LogP contribution in [-0.2, 0) is 11.2 Å². The predicted molar refractivity (Wildman–Crippen MR) is 77.9 cm³/mol. The lowest BCUT2D eigenvalue weighted by Gasteiger charge is -2.02. The highest BCUT2D eigenvalue weighted by molar-refractivity contribution is 5.72. The van der Waals surface area contributed by atoms with Crippen molar-refractivity contribution in [1.29, 1.82) is 0 Å². The van der Waals surface area contributed by atoms with Crippen LogP contribution in [0.3, 0.4) is 0 Å². The summed E-state index contributed by atoms with van der Waals surface area (Å²) >= 11 is 0. The molecule has 2 heterocycles. The van der Waals surface area contributed by atoms with Crippen molar-refractivity contribution >= 4 is 5.97 Å². The molecule has 2 aromatic heterocycles. The molecule has 0 amide bonds. The molecule has 1 aromatic carbocycles. The van der Waals surface area contributed by atoms with Crippen molar-refractivity contribution in [3.8, 4) is 17.1 Å². The van der Waals surface area contributed by atoms with Gasteiger partial charge in [-0.1, -0.05) is 11.2 Å². The summed E-state index contributed by atoms with van der Waals surface area (Å²) in [6.07, 6.45) is 3.55. The maximum absolute atomic E-state index is 13.0. The Balaban J connectivity index is 1.56. The Labute approximate surface area is 130 Å². The van der Waals surface area contributed by atoms with Crippen LogP contribution in [0, 0.1) is 5.82 Å². The number of rotatable bonds is 5. The van der Waals surface area contributed by atoms with Crippen LogP contribution in [0.4, 0.5) is 4.39 Å². The molecule has 23 heavy (non-hydrogen) atoms. The number of hydrogen-bond acceptors (Lipinski definition) is 6. The Morgan fingerprint density at radius 3 is 2.96 bits per heavy atom. The topological polar surface area (TPSA) is 78.1 Å². The zero-order valence-corrected chi connectivity index (χ0v) is 12.0.